The van der Waals surface area contributed by atoms with Gasteiger partial charge in [0.25, 0.3) is 5.69 Å². The van der Waals surface area contributed by atoms with Crippen molar-refractivity contribution in [3.8, 4) is 0 Å². The Labute approximate surface area is 130 Å². The SMILES string of the molecule is CC(CO)(Nc1cc(Br)ccc1[N+](=O)[O-])c1ccccc1. The summed E-state index contributed by atoms with van der Waals surface area (Å²) in [4.78, 5) is 10.7. The predicted molar refractivity (Wildman–Crippen MR) is 85.3 cm³/mol. The third-order valence-corrected chi connectivity index (χ3v) is 3.79. The molecule has 2 N–H and O–H groups in total. The molecule has 0 aliphatic heterocycles. The topological polar surface area (TPSA) is 75.4 Å². The van der Waals surface area contributed by atoms with Crippen molar-refractivity contribution in [2.45, 2.75) is 12.5 Å². The van der Waals surface area contributed by atoms with Gasteiger partial charge in [-0.15, -0.1) is 0 Å². The molecule has 0 saturated carbocycles. The average molecular weight is 351 g/mol. The van der Waals surface area contributed by atoms with Gasteiger partial charge >= 0.3 is 0 Å². The van der Waals surface area contributed by atoms with Gasteiger partial charge in [-0.05, 0) is 24.6 Å². The molecule has 0 bridgehead atoms. The summed E-state index contributed by atoms with van der Waals surface area (Å²) in [6.07, 6.45) is 0. The molecule has 0 radical (unpaired) electrons. The summed E-state index contributed by atoms with van der Waals surface area (Å²) < 4.78 is 0.726. The Morgan fingerprint density at radius 2 is 1.95 bits per heavy atom. The van der Waals surface area contributed by atoms with E-state index in [4.69, 9.17) is 0 Å². The van der Waals surface area contributed by atoms with Crippen LogP contribution in [-0.2, 0) is 5.54 Å². The molecule has 1 atom stereocenters. The number of nitrogens with one attached hydrogen (secondary N) is 1. The van der Waals surface area contributed by atoms with Gasteiger partial charge in [0.05, 0.1) is 17.1 Å². The van der Waals surface area contributed by atoms with Gasteiger partial charge in [-0.1, -0.05) is 46.3 Å². The molecule has 2 aromatic carbocycles. The van der Waals surface area contributed by atoms with Crippen molar-refractivity contribution in [2.75, 3.05) is 11.9 Å². The highest BCUT2D eigenvalue weighted by Crippen LogP contribution is 2.33. The van der Waals surface area contributed by atoms with Crippen LogP contribution in [0.4, 0.5) is 11.4 Å². The minimum absolute atomic E-state index is 0.0335. The highest BCUT2D eigenvalue weighted by molar-refractivity contribution is 9.10. The number of aliphatic hydroxyl groups is 1. The van der Waals surface area contributed by atoms with E-state index in [0.29, 0.717) is 5.69 Å². The Bertz CT molecular complexity index is 649. The molecular formula is C15H15BrN2O3. The lowest BCUT2D eigenvalue weighted by Gasteiger charge is -2.30. The number of aliphatic hydroxyl groups excluding tert-OH is 1. The zero-order valence-electron chi connectivity index (χ0n) is 11.4. The van der Waals surface area contributed by atoms with Gasteiger partial charge in [0, 0.05) is 10.5 Å². The number of nitro groups is 1. The Kier molecular flexibility index (Phi) is 4.59. The van der Waals surface area contributed by atoms with Crippen LogP contribution >= 0.6 is 15.9 Å². The summed E-state index contributed by atoms with van der Waals surface area (Å²) in [6.45, 7) is 1.60. The molecule has 21 heavy (non-hydrogen) atoms. The summed E-state index contributed by atoms with van der Waals surface area (Å²) in [6, 6.07) is 14.0. The molecule has 0 spiro atoms. The number of benzene rings is 2. The number of hydrogen-bond acceptors (Lipinski definition) is 4. The molecule has 1 unspecified atom stereocenters. The fraction of sp³-hybridized carbons (Fsp3) is 0.200. The lowest BCUT2D eigenvalue weighted by atomic mass is 9.92. The third-order valence-electron chi connectivity index (χ3n) is 3.29. The second-order valence-electron chi connectivity index (χ2n) is 4.90. The van der Waals surface area contributed by atoms with E-state index in [1.165, 1.54) is 6.07 Å². The highest BCUT2D eigenvalue weighted by atomic mass is 79.9. The van der Waals surface area contributed by atoms with Crippen LogP contribution in [0.3, 0.4) is 0 Å². The normalized spacial score (nSPS) is 13.5. The van der Waals surface area contributed by atoms with Crippen LogP contribution < -0.4 is 5.32 Å². The van der Waals surface area contributed by atoms with Crippen molar-refractivity contribution in [1.29, 1.82) is 0 Å². The van der Waals surface area contributed by atoms with Gasteiger partial charge in [0.15, 0.2) is 0 Å². The van der Waals surface area contributed by atoms with Crippen LogP contribution in [-0.4, -0.2) is 16.6 Å². The fourth-order valence-electron chi connectivity index (χ4n) is 2.07. The van der Waals surface area contributed by atoms with E-state index in [2.05, 4.69) is 21.2 Å². The molecule has 0 fully saturated rings. The molecule has 0 amide bonds. The number of nitro benzene ring substituents is 1. The highest BCUT2D eigenvalue weighted by Gasteiger charge is 2.28. The van der Waals surface area contributed by atoms with Crippen molar-refractivity contribution < 1.29 is 10.0 Å². The molecule has 0 saturated heterocycles. The van der Waals surface area contributed by atoms with Crippen molar-refractivity contribution in [3.63, 3.8) is 0 Å². The van der Waals surface area contributed by atoms with Gasteiger partial charge in [-0.25, -0.2) is 0 Å². The van der Waals surface area contributed by atoms with E-state index in [-0.39, 0.29) is 12.3 Å². The van der Waals surface area contributed by atoms with Gasteiger partial charge < -0.3 is 10.4 Å². The standard InChI is InChI=1S/C15H15BrN2O3/c1-15(10-19,11-5-3-2-4-6-11)17-13-9-12(16)7-8-14(13)18(20)21/h2-9,17,19H,10H2,1H3. The van der Waals surface area contributed by atoms with Crippen LogP contribution in [0.25, 0.3) is 0 Å². The molecule has 0 aliphatic carbocycles. The molecule has 6 heteroatoms. The van der Waals surface area contributed by atoms with Crippen LogP contribution in [0.1, 0.15) is 12.5 Å². The summed E-state index contributed by atoms with van der Waals surface area (Å²) >= 11 is 3.31. The van der Waals surface area contributed by atoms with Crippen LogP contribution in [0.5, 0.6) is 0 Å². The minimum Gasteiger partial charge on any atom is -0.394 e. The smallest absolute Gasteiger partial charge is 0.292 e. The first-order chi connectivity index (χ1) is 9.96. The monoisotopic (exact) mass is 350 g/mol. The zero-order valence-corrected chi connectivity index (χ0v) is 13.0. The van der Waals surface area contributed by atoms with Crippen LogP contribution in [0.15, 0.2) is 53.0 Å². The molecule has 2 aromatic rings. The number of rotatable bonds is 5. The quantitative estimate of drug-likeness (QED) is 0.637. The van der Waals surface area contributed by atoms with Crippen molar-refractivity contribution in [3.05, 3.63) is 68.7 Å². The van der Waals surface area contributed by atoms with Gasteiger partial charge in [-0.3, -0.25) is 10.1 Å². The fourth-order valence-corrected chi connectivity index (χ4v) is 2.43. The van der Waals surface area contributed by atoms with Gasteiger partial charge in [0.1, 0.15) is 5.69 Å². The van der Waals surface area contributed by atoms with E-state index in [9.17, 15) is 15.2 Å². The van der Waals surface area contributed by atoms with E-state index in [1.807, 2.05) is 30.3 Å². The second kappa shape index (κ2) is 6.24. The zero-order chi connectivity index (χ0) is 15.5. The van der Waals surface area contributed by atoms with Gasteiger partial charge in [0.2, 0.25) is 0 Å². The van der Waals surface area contributed by atoms with E-state index in [0.717, 1.165) is 10.0 Å². The molecule has 0 aromatic heterocycles. The Morgan fingerprint density at radius 1 is 1.29 bits per heavy atom. The third kappa shape index (κ3) is 3.40. The van der Waals surface area contributed by atoms with Crippen molar-refractivity contribution >= 4 is 27.3 Å². The number of halogens is 1. The van der Waals surface area contributed by atoms with E-state index >= 15 is 0 Å². The van der Waals surface area contributed by atoms with Crippen molar-refractivity contribution in [2.24, 2.45) is 0 Å². The second-order valence-corrected chi connectivity index (χ2v) is 5.82. The Hall–Kier alpha value is -1.92. The molecule has 110 valence electrons. The maximum absolute atomic E-state index is 11.1. The molecule has 5 nitrogen and oxygen atoms in total. The average Bonchev–Trinajstić information content (AvgIpc) is 2.47. The molecule has 0 heterocycles. The minimum atomic E-state index is -0.813. The summed E-state index contributed by atoms with van der Waals surface area (Å²) in [5.74, 6) is 0. The summed E-state index contributed by atoms with van der Waals surface area (Å²) in [5.41, 5.74) is 0.359. The first-order valence-corrected chi connectivity index (χ1v) is 7.14. The number of anilines is 1. The lowest BCUT2D eigenvalue weighted by molar-refractivity contribution is -0.384. The van der Waals surface area contributed by atoms with Crippen LogP contribution in [0.2, 0.25) is 0 Å². The molecular weight excluding hydrogens is 336 g/mol. The molecule has 0 aliphatic rings. The summed E-state index contributed by atoms with van der Waals surface area (Å²) in [7, 11) is 0. The maximum Gasteiger partial charge on any atom is 0.292 e. The predicted octanol–water partition coefficient (Wildman–Crippen LogP) is 3.68. The van der Waals surface area contributed by atoms with Crippen LogP contribution in [0, 0.1) is 10.1 Å². The lowest BCUT2D eigenvalue weighted by Crippen LogP contribution is -2.36. The largest absolute Gasteiger partial charge is 0.394 e. The Balaban J connectivity index is 2.44. The Morgan fingerprint density at radius 3 is 2.52 bits per heavy atom. The summed E-state index contributed by atoms with van der Waals surface area (Å²) in [5, 5.41) is 24.0. The number of nitrogens with zero attached hydrogens (tertiary/aromatic N) is 1. The first kappa shape index (κ1) is 15.5. The van der Waals surface area contributed by atoms with E-state index in [1.54, 1.807) is 19.1 Å². The number of hydrogen-bond donors (Lipinski definition) is 2. The first-order valence-electron chi connectivity index (χ1n) is 6.35. The van der Waals surface area contributed by atoms with Crippen molar-refractivity contribution in [1.82, 2.24) is 0 Å². The molecule has 2 rings (SSSR count). The van der Waals surface area contributed by atoms with Gasteiger partial charge in [-0.2, -0.15) is 0 Å². The maximum atomic E-state index is 11.1. The van der Waals surface area contributed by atoms with E-state index < -0.39 is 10.5 Å².